The van der Waals surface area contributed by atoms with Gasteiger partial charge >= 0.3 is 0 Å². The van der Waals surface area contributed by atoms with Crippen molar-refractivity contribution in [2.24, 2.45) is 7.05 Å². The lowest BCUT2D eigenvalue weighted by Gasteiger charge is -2.30. The fraction of sp³-hybridized carbons (Fsp3) is 0.154. The lowest BCUT2D eigenvalue weighted by Crippen LogP contribution is -2.31. The van der Waals surface area contributed by atoms with Gasteiger partial charge in [-0.05, 0) is 114 Å². The minimum atomic E-state index is -1.56. The molecule has 1 amide bonds. The molecule has 1 aliphatic carbocycles. The molecule has 0 bridgehead atoms. The predicted molar refractivity (Wildman–Crippen MR) is 191 cm³/mol. The molecular formula is C39H32Cl2N4O3. The first-order valence-electron chi connectivity index (χ1n) is 15.7. The molecule has 6 aromatic rings. The van der Waals surface area contributed by atoms with Crippen LogP contribution < -0.4 is 10.1 Å². The first-order valence-corrected chi connectivity index (χ1v) is 16.4. The maximum atomic E-state index is 13.4. The number of fused-ring (bicyclic) bond motifs is 1. The second kappa shape index (κ2) is 13.3. The van der Waals surface area contributed by atoms with Crippen molar-refractivity contribution in [1.82, 2.24) is 14.5 Å². The predicted octanol–water partition coefficient (Wildman–Crippen LogP) is 8.97. The zero-order chi connectivity index (χ0) is 33.3. The van der Waals surface area contributed by atoms with Gasteiger partial charge in [-0.3, -0.25) is 4.79 Å². The Hall–Kier alpha value is -4.95. The van der Waals surface area contributed by atoms with Gasteiger partial charge in [-0.15, -0.1) is 0 Å². The van der Waals surface area contributed by atoms with Crippen molar-refractivity contribution in [3.8, 4) is 16.9 Å². The molecule has 2 N–H and O–H groups in total. The molecule has 0 saturated heterocycles. The second-order valence-corrected chi connectivity index (χ2v) is 12.8. The molecule has 2 heterocycles. The van der Waals surface area contributed by atoms with E-state index >= 15 is 0 Å². The minimum Gasteiger partial charge on any atom is -0.486 e. The fourth-order valence-electron chi connectivity index (χ4n) is 6.20. The van der Waals surface area contributed by atoms with Crippen molar-refractivity contribution >= 4 is 45.8 Å². The molecule has 48 heavy (non-hydrogen) atoms. The molecule has 240 valence electrons. The third-order valence-electron chi connectivity index (χ3n) is 8.67. The Bertz CT molecular complexity index is 2140. The third-order valence-corrected chi connectivity index (χ3v) is 9.15. The van der Waals surface area contributed by atoms with Crippen LogP contribution in [0.1, 0.15) is 46.4 Å². The molecule has 0 radical (unpaired) electrons. The van der Waals surface area contributed by atoms with Crippen LogP contribution in [-0.2, 0) is 12.6 Å². The number of benzene rings is 4. The van der Waals surface area contributed by atoms with Crippen LogP contribution in [-0.4, -0.2) is 31.7 Å². The van der Waals surface area contributed by atoms with Crippen LogP contribution in [0.5, 0.6) is 5.75 Å². The number of halogens is 2. The molecule has 1 aliphatic rings. The first-order chi connectivity index (χ1) is 23.3. The van der Waals surface area contributed by atoms with Gasteiger partial charge in [-0.2, -0.15) is 0 Å². The summed E-state index contributed by atoms with van der Waals surface area (Å²) in [5.74, 6) is 0.797. The molecule has 9 heteroatoms. The number of aromatic nitrogens is 3. The Morgan fingerprint density at radius 2 is 1.75 bits per heavy atom. The topological polar surface area (TPSA) is 89.3 Å². The smallest absolute Gasteiger partial charge is 0.256 e. The summed E-state index contributed by atoms with van der Waals surface area (Å²) in [4.78, 5) is 22.5. The number of aliphatic hydroxyl groups is 1. The number of aryl methyl sites for hydroxylation is 1. The number of hydrogen-bond donors (Lipinski definition) is 2. The van der Waals surface area contributed by atoms with Crippen LogP contribution in [0, 0.1) is 0 Å². The Labute approximate surface area is 288 Å². The number of nitrogens with zero attached hydrogens (tertiary/aromatic N) is 3. The highest BCUT2D eigenvalue weighted by Crippen LogP contribution is 2.40. The summed E-state index contributed by atoms with van der Waals surface area (Å²) in [5, 5.41) is 17.4. The molecule has 7 nitrogen and oxygen atoms in total. The quantitative estimate of drug-likeness (QED) is 0.157. The normalized spacial score (nSPS) is 15.6. The van der Waals surface area contributed by atoms with Crippen LogP contribution >= 0.6 is 23.2 Å². The molecule has 7 rings (SSSR count). The average Bonchev–Trinajstić information content (AvgIpc) is 3.54. The van der Waals surface area contributed by atoms with E-state index in [2.05, 4.69) is 22.5 Å². The van der Waals surface area contributed by atoms with E-state index in [-0.39, 0.29) is 12.0 Å². The van der Waals surface area contributed by atoms with Crippen LogP contribution in [0.25, 0.3) is 22.0 Å². The van der Waals surface area contributed by atoms with Crippen LogP contribution in [0.3, 0.4) is 0 Å². The van der Waals surface area contributed by atoms with Crippen molar-refractivity contribution in [2.45, 2.75) is 31.0 Å². The SMILES string of the molecule is Cn1cncc1C(O)(c1ccc(Cl)cc1)c1ccc2nc(NC(=O)c3ccc(OC4C=CCCC4)cc3)cc(-c3cccc(Cl)c3)c2c1. The third kappa shape index (κ3) is 6.32. The minimum absolute atomic E-state index is 0.0527. The standard InChI is InChI=1S/C39H32Cl2N4O3/c1-45-24-42-23-36(45)39(47,27-12-15-29(40)16-13-27)28-14-19-35-34(21-28)33(26-6-5-7-30(41)20-26)22-37(43-35)44-38(46)25-10-17-32(18-11-25)48-31-8-3-2-4-9-31/h3,5-8,10-24,31,47H,2,4,9H2,1H3,(H,43,44,46). The highest BCUT2D eigenvalue weighted by molar-refractivity contribution is 6.31. The van der Waals surface area contributed by atoms with Gasteiger partial charge in [-0.1, -0.05) is 59.6 Å². The molecule has 2 unspecified atom stereocenters. The molecular weight excluding hydrogens is 643 g/mol. The summed E-state index contributed by atoms with van der Waals surface area (Å²) >= 11 is 12.7. The van der Waals surface area contributed by atoms with Crippen LogP contribution in [0.15, 0.2) is 122 Å². The van der Waals surface area contributed by atoms with E-state index in [1.165, 1.54) is 0 Å². The molecule has 0 fully saturated rings. The number of imidazole rings is 1. The van der Waals surface area contributed by atoms with Crippen molar-refractivity contribution in [3.63, 3.8) is 0 Å². The number of allylic oxidation sites excluding steroid dienone is 1. The van der Waals surface area contributed by atoms with Gasteiger partial charge in [0.1, 0.15) is 17.7 Å². The number of pyridine rings is 1. The van der Waals surface area contributed by atoms with E-state index < -0.39 is 5.60 Å². The molecule has 2 aromatic heterocycles. The Balaban J connectivity index is 1.28. The fourth-order valence-corrected chi connectivity index (χ4v) is 6.51. The molecule has 0 aliphatic heterocycles. The average molecular weight is 676 g/mol. The van der Waals surface area contributed by atoms with Crippen LogP contribution in [0.4, 0.5) is 5.82 Å². The number of carbonyl (C=O) groups excluding carboxylic acids is 1. The molecule has 4 aromatic carbocycles. The van der Waals surface area contributed by atoms with Gasteiger partial charge in [0.05, 0.1) is 23.7 Å². The van der Waals surface area contributed by atoms with Gasteiger partial charge in [-0.25, -0.2) is 9.97 Å². The molecule has 0 saturated carbocycles. The Morgan fingerprint density at radius 1 is 0.958 bits per heavy atom. The lowest BCUT2D eigenvalue weighted by molar-refractivity contribution is 0.102. The summed E-state index contributed by atoms with van der Waals surface area (Å²) in [7, 11) is 1.84. The number of rotatable bonds is 8. The van der Waals surface area contributed by atoms with Crippen LogP contribution in [0.2, 0.25) is 10.0 Å². The highest BCUT2D eigenvalue weighted by Gasteiger charge is 2.37. The highest BCUT2D eigenvalue weighted by atomic mass is 35.5. The van der Waals surface area contributed by atoms with Crippen molar-refractivity contribution in [3.05, 3.63) is 154 Å². The summed E-state index contributed by atoms with van der Waals surface area (Å²) in [6.45, 7) is 0. The van der Waals surface area contributed by atoms with E-state index in [1.54, 1.807) is 53.5 Å². The Morgan fingerprint density at radius 3 is 2.46 bits per heavy atom. The molecule has 0 spiro atoms. The zero-order valence-electron chi connectivity index (χ0n) is 26.1. The maximum Gasteiger partial charge on any atom is 0.256 e. The number of nitrogens with one attached hydrogen (secondary N) is 1. The number of hydrogen-bond acceptors (Lipinski definition) is 5. The van der Waals surface area contributed by atoms with E-state index in [0.717, 1.165) is 41.5 Å². The zero-order valence-corrected chi connectivity index (χ0v) is 27.6. The number of ether oxygens (including phenoxy) is 1. The largest absolute Gasteiger partial charge is 0.486 e. The molecule has 2 atom stereocenters. The van der Waals surface area contributed by atoms with Crippen molar-refractivity contribution in [1.29, 1.82) is 0 Å². The number of anilines is 1. The van der Waals surface area contributed by atoms with Gasteiger partial charge in [0.25, 0.3) is 5.91 Å². The van der Waals surface area contributed by atoms with E-state index in [4.69, 9.17) is 32.9 Å². The van der Waals surface area contributed by atoms with Crippen molar-refractivity contribution < 1.29 is 14.6 Å². The number of carbonyl (C=O) groups is 1. The van der Waals surface area contributed by atoms with E-state index in [1.807, 2.05) is 67.7 Å². The monoisotopic (exact) mass is 674 g/mol. The second-order valence-electron chi connectivity index (χ2n) is 11.9. The van der Waals surface area contributed by atoms with Crippen molar-refractivity contribution in [2.75, 3.05) is 5.32 Å². The maximum absolute atomic E-state index is 13.4. The Kier molecular flexibility index (Phi) is 8.75. The van der Waals surface area contributed by atoms with Gasteiger partial charge in [0, 0.05) is 28.0 Å². The van der Waals surface area contributed by atoms with Gasteiger partial charge < -0.3 is 19.7 Å². The summed E-state index contributed by atoms with van der Waals surface area (Å²) in [5.41, 5.74) is 2.97. The van der Waals surface area contributed by atoms with Gasteiger partial charge in [0.2, 0.25) is 0 Å². The summed E-state index contributed by atoms with van der Waals surface area (Å²) < 4.78 is 7.85. The summed E-state index contributed by atoms with van der Waals surface area (Å²) in [6, 6.07) is 29.2. The van der Waals surface area contributed by atoms with E-state index in [0.29, 0.717) is 43.8 Å². The summed E-state index contributed by atoms with van der Waals surface area (Å²) in [6.07, 6.45) is 10.8. The first kappa shape index (κ1) is 31.6. The van der Waals surface area contributed by atoms with E-state index in [9.17, 15) is 9.90 Å². The number of amides is 1. The lowest BCUT2D eigenvalue weighted by atomic mass is 9.82. The van der Waals surface area contributed by atoms with Gasteiger partial charge in [0.15, 0.2) is 5.60 Å².